The number of rotatable bonds is 4. The maximum Gasteiger partial charge on any atom is 0.329 e. The molecule has 0 spiro atoms. The Balaban J connectivity index is 1.82. The summed E-state index contributed by atoms with van der Waals surface area (Å²) in [5.74, 6) is -2.01. The van der Waals surface area contributed by atoms with Gasteiger partial charge in [-0.05, 0) is 61.6 Å². The van der Waals surface area contributed by atoms with Crippen molar-refractivity contribution in [1.82, 2.24) is 0 Å². The molecule has 0 bridgehead atoms. The van der Waals surface area contributed by atoms with E-state index in [0.29, 0.717) is 16.9 Å². The number of nitrogens with zero attached hydrogens (tertiary/aromatic N) is 2. The Hall–Kier alpha value is -2.45. The molecule has 0 fully saturated rings. The first kappa shape index (κ1) is 22.7. The van der Waals surface area contributed by atoms with Crippen LogP contribution in [0.5, 0.6) is 0 Å². The van der Waals surface area contributed by atoms with Crippen molar-refractivity contribution >= 4 is 45.1 Å². The summed E-state index contributed by atoms with van der Waals surface area (Å²) in [6.45, 7) is 1.86. The highest BCUT2D eigenvalue weighted by atomic mass is 79.9. The van der Waals surface area contributed by atoms with Gasteiger partial charge in [0.05, 0.1) is 12.2 Å². The number of benzene rings is 3. The molecule has 0 aromatic heterocycles. The van der Waals surface area contributed by atoms with Crippen molar-refractivity contribution in [2.24, 2.45) is 0 Å². The lowest BCUT2D eigenvalue weighted by molar-refractivity contribution is 0.251. The quantitative estimate of drug-likeness (QED) is 0.343. The maximum atomic E-state index is 14.7. The number of urea groups is 1. The standard InChI is InChI=1S/C24H20BrF3N2OS/c1-14-6-7-16(12-23(14)32-2)29-9-8-17-19(26)4-3-5-22(17)30(24(29)31)13-18-20(27)10-15(25)11-21(18)28/h3-7,10-12H,8-9,13H2,1-2H3. The van der Waals surface area contributed by atoms with E-state index < -0.39 is 23.5 Å². The van der Waals surface area contributed by atoms with E-state index in [-0.39, 0.29) is 29.5 Å². The number of thioether (sulfide) groups is 1. The van der Waals surface area contributed by atoms with Crippen LogP contribution in [0.2, 0.25) is 0 Å². The Morgan fingerprint density at radius 1 is 1.03 bits per heavy atom. The fraction of sp³-hybridized carbons (Fsp3) is 0.208. The normalized spacial score (nSPS) is 13.9. The van der Waals surface area contributed by atoms with Gasteiger partial charge in [-0.2, -0.15) is 0 Å². The molecule has 0 radical (unpaired) electrons. The molecule has 1 heterocycles. The average molecular weight is 521 g/mol. The largest absolute Gasteiger partial charge is 0.329 e. The van der Waals surface area contributed by atoms with E-state index in [1.807, 2.05) is 31.4 Å². The number of fused-ring (bicyclic) bond motifs is 1. The van der Waals surface area contributed by atoms with Gasteiger partial charge in [0.15, 0.2) is 0 Å². The van der Waals surface area contributed by atoms with Crippen LogP contribution in [0.15, 0.2) is 57.9 Å². The van der Waals surface area contributed by atoms with Crippen molar-refractivity contribution in [3.8, 4) is 0 Å². The Morgan fingerprint density at radius 3 is 2.44 bits per heavy atom. The molecule has 166 valence electrons. The van der Waals surface area contributed by atoms with Crippen molar-refractivity contribution < 1.29 is 18.0 Å². The van der Waals surface area contributed by atoms with Crippen molar-refractivity contribution in [2.75, 3.05) is 22.6 Å². The second-order valence-corrected chi connectivity index (χ2v) is 9.27. The van der Waals surface area contributed by atoms with Crippen LogP contribution in [-0.2, 0) is 13.0 Å². The lowest BCUT2D eigenvalue weighted by Crippen LogP contribution is -2.42. The predicted molar refractivity (Wildman–Crippen MR) is 126 cm³/mol. The van der Waals surface area contributed by atoms with Crippen molar-refractivity contribution in [1.29, 1.82) is 0 Å². The first-order chi connectivity index (χ1) is 15.3. The van der Waals surface area contributed by atoms with E-state index in [2.05, 4.69) is 15.9 Å². The van der Waals surface area contributed by atoms with Crippen LogP contribution in [0.3, 0.4) is 0 Å². The van der Waals surface area contributed by atoms with E-state index in [9.17, 15) is 18.0 Å². The summed E-state index contributed by atoms with van der Waals surface area (Å²) in [5.41, 5.74) is 2.14. The van der Waals surface area contributed by atoms with Crippen LogP contribution < -0.4 is 9.80 Å². The molecule has 0 N–H and O–H groups in total. The summed E-state index contributed by atoms with van der Waals surface area (Å²) >= 11 is 4.63. The minimum atomic E-state index is -0.779. The zero-order chi connectivity index (χ0) is 23.0. The third-order valence-electron chi connectivity index (χ3n) is 5.56. The van der Waals surface area contributed by atoms with E-state index in [0.717, 1.165) is 22.6 Å². The highest BCUT2D eigenvalue weighted by Crippen LogP contribution is 2.34. The zero-order valence-electron chi connectivity index (χ0n) is 17.5. The maximum absolute atomic E-state index is 14.7. The number of anilines is 2. The molecule has 3 aromatic carbocycles. The summed E-state index contributed by atoms with van der Waals surface area (Å²) < 4.78 is 44.2. The lowest BCUT2D eigenvalue weighted by Gasteiger charge is -2.29. The molecule has 1 aliphatic rings. The fourth-order valence-electron chi connectivity index (χ4n) is 3.87. The molecule has 3 aromatic rings. The van der Waals surface area contributed by atoms with Crippen LogP contribution in [-0.4, -0.2) is 18.8 Å². The van der Waals surface area contributed by atoms with Crippen molar-refractivity contribution in [3.05, 3.63) is 87.1 Å². The molecular formula is C24H20BrF3N2OS. The van der Waals surface area contributed by atoms with Gasteiger partial charge in [0.1, 0.15) is 17.5 Å². The SMILES string of the molecule is CSc1cc(N2CCc3c(F)cccc3N(Cc3c(F)cc(Br)cc3F)C2=O)ccc1C. The van der Waals surface area contributed by atoms with Crippen LogP contribution in [0.1, 0.15) is 16.7 Å². The first-order valence-corrected chi connectivity index (χ1v) is 12.0. The predicted octanol–water partition coefficient (Wildman–Crippen LogP) is 7.09. The van der Waals surface area contributed by atoms with E-state index in [4.69, 9.17) is 0 Å². The number of hydrogen-bond acceptors (Lipinski definition) is 2. The molecule has 2 amide bonds. The van der Waals surface area contributed by atoms with Gasteiger partial charge in [0.2, 0.25) is 0 Å². The number of hydrogen-bond donors (Lipinski definition) is 0. The third kappa shape index (κ3) is 4.26. The molecule has 4 rings (SSSR count). The number of halogens is 4. The Morgan fingerprint density at radius 2 is 1.75 bits per heavy atom. The van der Waals surface area contributed by atoms with E-state index in [1.54, 1.807) is 17.8 Å². The number of carbonyl (C=O) groups excluding carboxylic acids is 1. The summed E-state index contributed by atoms with van der Waals surface area (Å²) in [6.07, 6.45) is 2.23. The molecule has 3 nitrogen and oxygen atoms in total. The third-order valence-corrected chi connectivity index (χ3v) is 6.89. The molecule has 0 atom stereocenters. The minimum absolute atomic E-state index is 0.242. The molecule has 0 unspecified atom stereocenters. The number of carbonyl (C=O) groups is 1. The molecule has 0 aliphatic carbocycles. The molecule has 32 heavy (non-hydrogen) atoms. The monoisotopic (exact) mass is 520 g/mol. The second kappa shape index (κ2) is 9.19. The number of amides is 2. The highest BCUT2D eigenvalue weighted by molar-refractivity contribution is 9.10. The Bertz CT molecular complexity index is 1180. The van der Waals surface area contributed by atoms with Gasteiger partial charge in [-0.15, -0.1) is 11.8 Å². The van der Waals surface area contributed by atoms with Crippen LogP contribution >= 0.6 is 27.7 Å². The van der Waals surface area contributed by atoms with Gasteiger partial charge in [0, 0.05) is 32.7 Å². The van der Waals surface area contributed by atoms with Gasteiger partial charge >= 0.3 is 6.03 Å². The van der Waals surface area contributed by atoms with Crippen LogP contribution in [0.4, 0.5) is 29.3 Å². The molecule has 8 heteroatoms. The van der Waals surface area contributed by atoms with Crippen LogP contribution in [0.25, 0.3) is 0 Å². The number of aryl methyl sites for hydroxylation is 1. The van der Waals surface area contributed by atoms with Gasteiger partial charge < -0.3 is 0 Å². The Labute approximate surface area is 197 Å². The summed E-state index contributed by atoms with van der Waals surface area (Å²) in [4.78, 5) is 17.5. The first-order valence-electron chi connectivity index (χ1n) is 9.94. The molecule has 0 saturated heterocycles. The minimum Gasteiger partial charge on any atom is -0.294 e. The van der Waals surface area contributed by atoms with Crippen molar-refractivity contribution in [3.63, 3.8) is 0 Å². The van der Waals surface area contributed by atoms with Gasteiger partial charge in [-0.3, -0.25) is 9.80 Å². The van der Waals surface area contributed by atoms with Gasteiger partial charge in [0.25, 0.3) is 0 Å². The smallest absolute Gasteiger partial charge is 0.294 e. The lowest BCUT2D eigenvalue weighted by atomic mass is 10.1. The van der Waals surface area contributed by atoms with Gasteiger partial charge in [-0.25, -0.2) is 18.0 Å². The molecular weight excluding hydrogens is 501 g/mol. The average Bonchev–Trinajstić information content (AvgIpc) is 2.88. The highest BCUT2D eigenvalue weighted by Gasteiger charge is 2.32. The van der Waals surface area contributed by atoms with Crippen LogP contribution in [0, 0.1) is 24.4 Å². The zero-order valence-corrected chi connectivity index (χ0v) is 19.9. The fourth-order valence-corrected chi connectivity index (χ4v) is 4.90. The summed E-state index contributed by atoms with van der Waals surface area (Å²) in [7, 11) is 0. The van der Waals surface area contributed by atoms with Gasteiger partial charge in [-0.1, -0.05) is 28.1 Å². The van der Waals surface area contributed by atoms with E-state index >= 15 is 0 Å². The van der Waals surface area contributed by atoms with E-state index in [1.165, 1.54) is 21.9 Å². The summed E-state index contributed by atoms with van der Waals surface area (Å²) in [6, 6.07) is 11.9. The molecule has 1 aliphatic heterocycles. The molecule has 0 saturated carbocycles. The summed E-state index contributed by atoms with van der Waals surface area (Å²) in [5, 5.41) is 0. The van der Waals surface area contributed by atoms with Crippen molar-refractivity contribution in [2.45, 2.75) is 24.8 Å². The second-order valence-electron chi connectivity index (χ2n) is 7.51. The Kier molecular flexibility index (Phi) is 6.53. The topological polar surface area (TPSA) is 23.6 Å².